The molecule has 0 N–H and O–H groups in total. The van der Waals surface area contributed by atoms with E-state index in [4.69, 9.17) is 13.3 Å². The molecule has 0 aliphatic heterocycles. The molecule has 0 aromatic heterocycles. The van der Waals surface area contributed by atoms with Gasteiger partial charge in [0.15, 0.2) is 0 Å². The summed E-state index contributed by atoms with van der Waals surface area (Å²) in [6.07, 6.45) is -8.91. The van der Waals surface area contributed by atoms with Gasteiger partial charge in [0.25, 0.3) is 0 Å². The highest BCUT2D eigenvalue weighted by Gasteiger charge is 2.82. The smallest absolute Gasteiger partial charge is 0.373 e. The third kappa shape index (κ3) is 5.17. The molecule has 0 aliphatic carbocycles. The molecule has 158 valence electrons. The van der Waals surface area contributed by atoms with E-state index < -0.39 is 42.7 Å². The fourth-order valence-corrected chi connectivity index (χ4v) is 6.56. The van der Waals surface area contributed by atoms with Crippen LogP contribution >= 0.6 is 22.6 Å². The van der Waals surface area contributed by atoms with E-state index in [0.717, 1.165) is 0 Å². The van der Waals surface area contributed by atoms with Gasteiger partial charge in [0.1, 0.15) is 0 Å². The monoisotopic (exact) mass is 536 g/mol. The maximum absolute atomic E-state index is 13.8. The van der Waals surface area contributed by atoms with E-state index in [1.54, 1.807) is 0 Å². The molecule has 1 unspecified atom stereocenters. The van der Waals surface area contributed by atoms with Crippen LogP contribution in [0, 0.1) is 0 Å². The fraction of sp³-hybridized carbons (Fsp3) is 1.00. The van der Waals surface area contributed by atoms with Crippen LogP contribution in [0.3, 0.4) is 0 Å². The third-order valence-electron chi connectivity index (χ3n) is 3.07. The number of rotatable bonds is 11. The van der Waals surface area contributed by atoms with Gasteiger partial charge >= 0.3 is 32.7 Å². The normalized spacial score (nSPS) is 16.0. The summed E-state index contributed by atoms with van der Waals surface area (Å²) in [6.45, 7) is 3.88. The van der Waals surface area contributed by atoms with Crippen LogP contribution in [0.5, 0.6) is 0 Å². The topological polar surface area (TPSA) is 27.7 Å². The Hall–Kier alpha value is 0.197. The second kappa shape index (κ2) is 9.13. The summed E-state index contributed by atoms with van der Waals surface area (Å²) in [6, 6.07) is 0. The van der Waals surface area contributed by atoms with E-state index in [0.29, 0.717) is 0 Å². The Kier molecular flexibility index (Phi) is 9.20. The molecule has 0 aliphatic rings. The van der Waals surface area contributed by atoms with Gasteiger partial charge in [0.05, 0.1) is 3.55 Å². The van der Waals surface area contributed by atoms with Gasteiger partial charge in [-0.1, -0.05) is 22.6 Å². The summed E-state index contributed by atoms with van der Waals surface area (Å²) < 4.78 is 131. The molecule has 0 radical (unpaired) electrons. The summed E-state index contributed by atoms with van der Waals surface area (Å²) >= 11 is 1.19. The number of halogens is 10. The molecule has 0 aromatic carbocycles. The minimum Gasteiger partial charge on any atom is -0.373 e. The molecule has 0 saturated heterocycles. The van der Waals surface area contributed by atoms with E-state index in [2.05, 4.69) is 0 Å². The molecule has 0 bridgehead atoms. The summed E-state index contributed by atoms with van der Waals surface area (Å²) in [4.78, 5) is 0. The van der Waals surface area contributed by atoms with Crippen LogP contribution < -0.4 is 0 Å². The first-order valence-electron chi connectivity index (χ1n) is 7.32. The van der Waals surface area contributed by atoms with Crippen LogP contribution in [0.2, 0.25) is 0 Å². The van der Waals surface area contributed by atoms with Gasteiger partial charge in [-0.2, -0.15) is 39.5 Å². The Morgan fingerprint density at radius 2 is 1.08 bits per heavy atom. The van der Waals surface area contributed by atoms with Crippen LogP contribution in [0.25, 0.3) is 0 Å². The zero-order chi connectivity index (χ0) is 21.0. The molecule has 0 fully saturated rings. The molecular formula is C12H18F9IO3Si. The average molecular weight is 536 g/mol. The zero-order valence-corrected chi connectivity index (χ0v) is 17.1. The van der Waals surface area contributed by atoms with Crippen LogP contribution in [0.4, 0.5) is 39.5 Å². The standard InChI is InChI=1S/C12H18F9IO3Si/c1-4-23-26(24-5-2,25-6-3)8(22)7-9(13,14)10(15,16)11(17,18)12(19,20)21/h8H,4-7H2,1-3H3. The van der Waals surface area contributed by atoms with Gasteiger partial charge in [-0.05, 0) is 20.8 Å². The first-order chi connectivity index (χ1) is 11.6. The zero-order valence-electron chi connectivity index (χ0n) is 13.9. The van der Waals surface area contributed by atoms with E-state index in [1.807, 2.05) is 0 Å². The summed E-state index contributed by atoms with van der Waals surface area (Å²) in [5.74, 6) is -19.3. The Morgan fingerprint density at radius 1 is 0.731 bits per heavy atom. The van der Waals surface area contributed by atoms with Crippen molar-refractivity contribution in [3.63, 3.8) is 0 Å². The molecule has 0 rings (SSSR count). The van der Waals surface area contributed by atoms with Crippen LogP contribution in [-0.2, 0) is 13.3 Å². The lowest BCUT2D eigenvalue weighted by Crippen LogP contribution is -2.63. The van der Waals surface area contributed by atoms with Crippen LogP contribution in [0.15, 0.2) is 0 Å². The highest BCUT2D eigenvalue weighted by Crippen LogP contribution is 2.55. The van der Waals surface area contributed by atoms with E-state index >= 15 is 0 Å². The SMILES string of the molecule is CCO[Si](OCC)(OCC)C(I)CC(F)(F)C(F)(F)C(F)(F)C(F)(F)F. The Labute approximate surface area is 159 Å². The minimum atomic E-state index is -6.92. The molecule has 3 nitrogen and oxygen atoms in total. The van der Waals surface area contributed by atoms with Crippen molar-refractivity contribution in [3.8, 4) is 0 Å². The lowest BCUT2D eigenvalue weighted by atomic mass is 10.0. The lowest BCUT2D eigenvalue weighted by Gasteiger charge is -2.37. The predicted octanol–water partition coefficient (Wildman–Crippen LogP) is 5.24. The predicted molar refractivity (Wildman–Crippen MR) is 84.0 cm³/mol. The lowest BCUT2D eigenvalue weighted by molar-refractivity contribution is -0.396. The van der Waals surface area contributed by atoms with Gasteiger partial charge in [0.2, 0.25) is 0 Å². The summed E-state index contributed by atoms with van der Waals surface area (Å²) in [7, 11) is -4.05. The molecule has 26 heavy (non-hydrogen) atoms. The quantitative estimate of drug-likeness (QED) is 0.157. The first-order valence-corrected chi connectivity index (χ1v) is 10.4. The second-order valence-electron chi connectivity index (χ2n) is 4.93. The maximum atomic E-state index is 13.8. The number of hydrogen-bond acceptors (Lipinski definition) is 3. The van der Waals surface area contributed by atoms with Crippen molar-refractivity contribution in [3.05, 3.63) is 0 Å². The van der Waals surface area contributed by atoms with Crippen molar-refractivity contribution < 1.29 is 52.8 Å². The van der Waals surface area contributed by atoms with Crippen LogP contribution in [-0.4, -0.2) is 56.1 Å². The van der Waals surface area contributed by atoms with Crippen LogP contribution in [0.1, 0.15) is 27.2 Å². The molecule has 14 heteroatoms. The highest BCUT2D eigenvalue weighted by molar-refractivity contribution is 14.1. The molecule has 0 aromatic rings. The van der Waals surface area contributed by atoms with Gasteiger partial charge in [-0.15, -0.1) is 0 Å². The van der Waals surface area contributed by atoms with E-state index in [9.17, 15) is 39.5 Å². The van der Waals surface area contributed by atoms with Gasteiger partial charge < -0.3 is 13.3 Å². The molecule has 1 atom stereocenters. The number of hydrogen-bond donors (Lipinski definition) is 0. The Morgan fingerprint density at radius 3 is 1.35 bits per heavy atom. The van der Waals surface area contributed by atoms with Crippen molar-refractivity contribution in [2.24, 2.45) is 0 Å². The highest BCUT2D eigenvalue weighted by atomic mass is 127. The second-order valence-corrected chi connectivity index (χ2v) is 10.4. The summed E-state index contributed by atoms with van der Waals surface area (Å²) in [5, 5.41) is 0. The molecular weight excluding hydrogens is 518 g/mol. The number of alkyl halides is 10. The van der Waals surface area contributed by atoms with Gasteiger partial charge in [-0.3, -0.25) is 0 Å². The van der Waals surface area contributed by atoms with Crippen molar-refractivity contribution in [2.45, 2.75) is 54.7 Å². The third-order valence-corrected chi connectivity index (χ3v) is 8.84. The van der Waals surface area contributed by atoms with Crippen molar-refractivity contribution in [1.29, 1.82) is 0 Å². The fourth-order valence-electron chi connectivity index (χ4n) is 1.89. The molecule has 0 saturated carbocycles. The first kappa shape index (κ1) is 26.2. The minimum absolute atomic E-state index is 0.133. The molecule has 0 spiro atoms. The van der Waals surface area contributed by atoms with Gasteiger partial charge in [-0.25, -0.2) is 0 Å². The van der Waals surface area contributed by atoms with Crippen molar-refractivity contribution in [2.75, 3.05) is 19.8 Å². The average Bonchev–Trinajstić information content (AvgIpc) is 2.45. The largest absolute Gasteiger partial charge is 0.514 e. The molecule has 0 amide bonds. The van der Waals surface area contributed by atoms with E-state index in [-0.39, 0.29) is 19.8 Å². The Bertz CT molecular complexity index is 431. The Balaban J connectivity index is 5.80. The van der Waals surface area contributed by atoms with E-state index in [1.165, 1.54) is 43.4 Å². The summed E-state index contributed by atoms with van der Waals surface area (Å²) in [5.41, 5.74) is 0. The van der Waals surface area contributed by atoms with Gasteiger partial charge in [0, 0.05) is 26.2 Å². The van der Waals surface area contributed by atoms with Crippen molar-refractivity contribution >= 4 is 31.4 Å². The molecule has 0 heterocycles. The maximum Gasteiger partial charge on any atom is 0.514 e. The van der Waals surface area contributed by atoms with Crippen molar-refractivity contribution in [1.82, 2.24) is 0 Å².